The van der Waals surface area contributed by atoms with Crippen molar-refractivity contribution in [2.45, 2.75) is 18.4 Å². The zero-order chi connectivity index (χ0) is 17.2. The summed E-state index contributed by atoms with van der Waals surface area (Å²) >= 11 is 1.28. The molecule has 6 nitrogen and oxygen atoms in total. The molecular weight excluding hydrogens is 331 g/mol. The summed E-state index contributed by atoms with van der Waals surface area (Å²) in [6.45, 7) is 1.32. The second-order valence-electron chi connectivity index (χ2n) is 6.11. The van der Waals surface area contributed by atoms with Gasteiger partial charge in [0.05, 0.1) is 30.1 Å². The predicted octanol–water partition coefficient (Wildman–Crippen LogP) is 1.78. The fourth-order valence-corrected chi connectivity index (χ4v) is 3.63. The van der Waals surface area contributed by atoms with Crippen LogP contribution in [0.2, 0.25) is 0 Å². The predicted molar refractivity (Wildman–Crippen MR) is 89.7 cm³/mol. The average Bonchev–Trinajstić information content (AvgIpc) is 3.08. The van der Waals surface area contributed by atoms with Crippen molar-refractivity contribution in [3.63, 3.8) is 0 Å². The number of pyridine rings is 1. The monoisotopic (exact) mass is 350 g/mol. The van der Waals surface area contributed by atoms with Crippen molar-refractivity contribution < 1.29 is 14.3 Å². The molecule has 0 bridgehead atoms. The number of β-amino-alcohol motifs (C(OH)–C–C–N with tert-alkyl or cyclic N) is 1. The lowest BCUT2D eigenvalue weighted by Gasteiger charge is -2.41. The molecule has 1 amide bonds. The molecule has 1 fully saturated rings. The summed E-state index contributed by atoms with van der Waals surface area (Å²) in [5.41, 5.74) is 0.585. The van der Waals surface area contributed by atoms with Gasteiger partial charge in [0.15, 0.2) is 0 Å². The number of likely N-dealkylation sites (N-methyl/N-ethyl adjacent to an activating group) is 1. The number of aromatic nitrogens is 2. The molecule has 8 heteroatoms. The minimum atomic E-state index is -1.02. The van der Waals surface area contributed by atoms with Crippen LogP contribution in [0.25, 0.3) is 0 Å². The van der Waals surface area contributed by atoms with Crippen molar-refractivity contribution in [3.8, 4) is 0 Å². The van der Waals surface area contributed by atoms with Gasteiger partial charge in [0.1, 0.15) is 16.5 Å². The van der Waals surface area contributed by atoms with Crippen LogP contribution in [0.1, 0.15) is 22.5 Å². The maximum Gasteiger partial charge on any atom is 0.265 e. The number of carbonyl (C=O) groups excluding carboxylic acids is 1. The highest BCUT2D eigenvalue weighted by Crippen LogP contribution is 2.26. The highest BCUT2D eigenvalue weighted by Gasteiger charge is 2.36. The summed E-state index contributed by atoms with van der Waals surface area (Å²) < 4.78 is 13.0. The Morgan fingerprint density at radius 3 is 3.00 bits per heavy atom. The van der Waals surface area contributed by atoms with E-state index in [-0.39, 0.29) is 18.3 Å². The summed E-state index contributed by atoms with van der Waals surface area (Å²) in [4.78, 5) is 24.3. The number of nitrogens with zero attached hydrogens (tertiary/aromatic N) is 4. The lowest BCUT2D eigenvalue weighted by molar-refractivity contribution is -0.0000189. The van der Waals surface area contributed by atoms with Gasteiger partial charge in [0.2, 0.25) is 0 Å². The third-order valence-corrected chi connectivity index (χ3v) is 4.87. The third-order valence-electron chi connectivity index (χ3n) is 4.11. The van der Waals surface area contributed by atoms with Crippen LogP contribution in [-0.4, -0.2) is 58.2 Å². The van der Waals surface area contributed by atoms with Crippen molar-refractivity contribution in [2.24, 2.45) is 0 Å². The minimum Gasteiger partial charge on any atom is -0.386 e. The minimum absolute atomic E-state index is 0.150. The molecule has 3 heterocycles. The first-order valence-electron chi connectivity index (χ1n) is 7.70. The standard InChI is InChI=1S/C16H19FN4O2S/c1-20(15(22)13-8-18-11-24-13)9-16(23)5-2-6-21(10-16)14-4-3-12(17)7-19-14/h3-4,7-8,11,23H,2,5-6,9-10H2,1H3/t16-/m1/s1. The Kier molecular flexibility index (Phi) is 4.77. The van der Waals surface area contributed by atoms with Crippen molar-refractivity contribution in [2.75, 3.05) is 31.6 Å². The van der Waals surface area contributed by atoms with Gasteiger partial charge in [-0.15, -0.1) is 11.3 Å². The zero-order valence-corrected chi connectivity index (χ0v) is 14.2. The van der Waals surface area contributed by atoms with E-state index in [0.29, 0.717) is 23.7 Å². The number of piperidine rings is 1. The molecule has 0 unspecified atom stereocenters. The second-order valence-corrected chi connectivity index (χ2v) is 7.00. The zero-order valence-electron chi connectivity index (χ0n) is 13.4. The summed E-state index contributed by atoms with van der Waals surface area (Å²) in [5, 5.41) is 10.9. The highest BCUT2D eigenvalue weighted by molar-refractivity contribution is 7.11. The van der Waals surface area contributed by atoms with Gasteiger partial charge < -0.3 is 14.9 Å². The largest absolute Gasteiger partial charge is 0.386 e. The quantitative estimate of drug-likeness (QED) is 0.910. The van der Waals surface area contributed by atoms with Crippen molar-refractivity contribution in [1.29, 1.82) is 0 Å². The van der Waals surface area contributed by atoms with Gasteiger partial charge in [-0.1, -0.05) is 0 Å². The van der Waals surface area contributed by atoms with Crippen LogP contribution in [0.3, 0.4) is 0 Å². The molecule has 0 aliphatic carbocycles. The van der Waals surface area contributed by atoms with Gasteiger partial charge in [-0.2, -0.15) is 0 Å². The fourth-order valence-electron chi connectivity index (χ4n) is 3.01. The Labute approximate surface area is 143 Å². The molecule has 128 valence electrons. The number of hydrogen-bond acceptors (Lipinski definition) is 6. The van der Waals surface area contributed by atoms with Crippen LogP contribution >= 0.6 is 11.3 Å². The van der Waals surface area contributed by atoms with Crippen LogP contribution in [0, 0.1) is 5.82 Å². The Bertz CT molecular complexity index is 695. The number of amides is 1. The molecule has 1 atom stereocenters. The Hall–Kier alpha value is -2.06. The first kappa shape index (κ1) is 16.8. The maximum absolute atomic E-state index is 13.0. The SMILES string of the molecule is CN(C[C@]1(O)CCCN(c2ccc(F)cn2)C1)C(=O)c1cncs1. The summed E-state index contributed by atoms with van der Waals surface area (Å²) in [6, 6.07) is 2.96. The van der Waals surface area contributed by atoms with Crippen LogP contribution in [-0.2, 0) is 0 Å². The van der Waals surface area contributed by atoms with E-state index < -0.39 is 5.60 Å². The maximum atomic E-state index is 13.0. The summed E-state index contributed by atoms with van der Waals surface area (Å²) in [7, 11) is 1.68. The Morgan fingerprint density at radius 1 is 1.50 bits per heavy atom. The van der Waals surface area contributed by atoms with Gasteiger partial charge >= 0.3 is 0 Å². The number of anilines is 1. The molecule has 1 saturated heterocycles. The number of halogens is 1. The van der Waals surface area contributed by atoms with E-state index in [9.17, 15) is 14.3 Å². The molecule has 0 aromatic carbocycles. The van der Waals surface area contributed by atoms with Gasteiger partial charge in [0, 0.05) is 20.1 Å². The molecule has 1 aliphatic rings. The molecule has 1 N–H and O–H groups in total. The molecule has 3 rings (SSSR count). The number of thiazole rings is 1. The normalized spacial score (nSPS) is 20.9. The van der Waals surface area contributed by atoms with Gasteiger partial charge in [0.25, 0.3) is 5.91 Å². The van der Waals surface area contributed by atoms with Crippen LogP contribution in [0.15, 0.2) is 30.0 Å². The van der Waals surface area contributed by atoms with E-state index in [0.717, 1.165) is 13.0 Å². The van der Waals surface area contributed by atoms with E-state index in [4.69, 9.17) is 0 Å². The fraction of sp³-hybridized carbons (Fsp3) is 0.438. The van der Waals surface area contributed by atoms with Crippen LogP contribution < -0.4 is 4.90 Å². The molecule has 2 aromatic rings. The average molecular weight is 350 g/mol. The number of hydrogen-bond donors (Lipinski definition) is 1. The van der Waals surface area contributed by atoms with Gasteiger partial charge in [-0.25, -0.2) is 9.37 Å². The van der Waals surface area contributed by atoms with Crippen molar-refractivity contribution >= 4 is 23.1 Å². The van der Waals surface area contributed by atoms with E-state index in [1.54, 1.807) is 18.6 Å². The lowest BCUT2D eigenvalue weighted by Crippen LogP contribution is -2.54. The molecule has 24 heavy (non-hydrogen) atoms. The smallest absolute Gasteiger partial charge is 0.265 e. The topological polar surface area (TPSA) is 69.6 Å². The number of rotatable bonds is 4. The third kappa shape index (κ3) is 3.70. The first-order chi connectivity index (χ1) is 11.5. The van der Waals surface area contributed by atoms with E-state index in [1.165, 1.54) is 34.7 Å². The molecule has 0 saturated carbocycles. The van der Waals surface area contributed by atoms with Crippen LogP contribution in [0.4, 0.5) is 10.2 Å². The molecule has 0 spiro atoms. The van der Waals surface area contributed by atoms with E-state index in [1.807, 2.05) is 4.90 Å². The second kappa shape index (κ2) is 6.82. The number of carbonyl (C=O) groups is 1. The lowest BCUT2D eigenvalue weighted by atomic mass is 9.92. The molecular formula is C16H19FN4O2S. The van der Waals surface area contributed by atoms with Gasteiger partial charge in [-0.3, -0.25) is 9.78 Å². The molecule has 0 radical (unpaired) electrons. The van der Waals surface area contributed by atoms with Crippen molar-refractivity contribution in [3.05, 3.63) is 40.7 Å². The molecule has 2 aromatic heterocycles. The highest BCUT2D eigenvalue weighted by atomic mass is 32.1. The van der Waals surface area contributed by atoms with Crippen molar-refractivity contribution in [1.82, 2.24) is 14.9 Å². The first-order valence-corrected chi connectivity index (χ1v) is 8.58. The van der Waals surface area contributed by atoms with E-state index >= 15 is 0 Å². The summed E-state index contributed by atoms with van der Waals surface area (Å²) in [5.74, 6) is 0.0924. The Balaban J connectivity index is 1.68. The van der Waals surface area contributed by atoms with Gasteiger partial charge in [-0.05, 0) is 25.0 Å². The molecule has 1 aliphatic heterocycles. The summed E-state index contributed by atoms with van der Waals surface area (Å²) in [6.07, 6.45) is 4.08. The van der Waals surface area contributed by atoms with E-state index in [2.05, 4.69) is 9.97 Å². The van der Waals surface area contributed by atoms with Crippen LogP contribution in [0.5, 0.6) is 0 Å². The number of aliphatic hydroxyl groups is 1. The Morgan fingerprint density at radius 2 is 2.33 bits per heavy atom.